The molecule has 0 spiro atoms. The molecule has 5 nitrogen and oxygen atoms in total. The van der Waals surface area contributed by atoms with Crippen LogP contribution in [0.4, 0.5) is 5.82 Å². The Bertz CT molecular complexity index is 1440. The summed E-state index contributed by atoms with van der Waals surface area (Å²) < 4.78 is 11.9. The summed E-state index contributed by atoms with van der Waals surface area (Å²) in [6.45, 7) is 9.43. The van der Waals surface area contributed by atoms with Crippen molar-refractivity contribution in [2.24, 2.45) is 21.7 Å². The molecule has 0 N–H and O–H groups in total. The molecule has 4 atom stereocenters. The number of nitrogens with zero attached hydrogens (tertiary/aromatic N) is 4. The third-order valence-corrected chi connectivity index (χ3v) is 14.0. The third-order valence-electron chi connectivity index (χ3n) is 9.91. The predicted octanol–water partition coefficient (Wildman–Crippen LogP) is 6.90. The van der Waals surface area contributed by atoms with Crippen LogP contribution in [-0.2, 0) is 16.3 Å². The fourth-order valence-corrected chi connectivity index (χ4v) is 11.7. The van der Waals surface area contributed by atoms with E-state index in [2.05, 4.69) is 74.8 Å². The van der Waals surface area contributed by atoms with Crippen LogP contribution in [0.5, 0.6) is 0 Å². The fourth-order valence-electron chi connectivity index (χ4n) is 7.13. The van der Waals surface area contributed by atoms with Crippen molar-refractivity contribution in [2.45, 2.75) is 71.9 Å². The van der Waals surface area contributed by atoms with Gasteiger partial charge in [0.05, 0.1) is 22.8 Å². The van der Waals surface area contributed by atoms with Crippen molar-refractivity contribution < 1.29 is 4.52 Å². The molecule has 0 radical (unpaired) electrons. The van der Waals surface area contributed by atoms with Gasteiger partial charge in [-0.15, -0.1) is 0 Å². The highest BCUT2D eigenvalue weighted by molar-refractivity contribution is 8.15. The smallest absolute Gasteiger partial charge is 0.193 e. The summed E-state index contributed by atoms with van der Waals surface area (Å²) in [6.07, 6.45) is 3.32. The molecule has 7 rings (SSSR count). The first-order valence-electron chi connectivity index (χ1n) is 13.6. The van der Waals surface area contributed by atoms with E-state index in [4.69, 9.17) is 26.4 Å². The maximum atomic E-state index is 7.45. The molecule has 37 heavy (non-hydrogen) atoms. The fraction of sp³-hybridized carbons (Fsp3) is 0.467. The summed E-state index contributed by atoms with van der Waals surface area (Å²) >= 11 is 6.83. The quantitative estimate of drug-likeness (QED) is 0.337. The van der Waals surface area contributed by atoms with Gasteiger partial charge in [-0.3, -0.25) is 0 Å². The van der Waals surface area contributed by atoms with Gasteiger partial charge in [0.25, 0.3) is 0 Å². The van der Waals surface area contributed by atoms with Gasteiger partial charge in [0.1, 0.15) is 5.84 Å². The van der Waals surface area contributed by atoms with Crippen molar-refractivity contribution in [3.05, 3.63) is 71.9 Å². The summed E-state index contributed by atoms with van der Waals surface area (Å²) in [6, 6.07) is 21.2. The Morgan fingerprint density at radius 2 is 1.65 bits per heavy atom. The molecule has 3 aliphatic carbocycles. The summed E-state index contributed by atoms with van der Waals surface area (Å²) in [4.78, 5) is 5.34. The highest BCUT2D eigenvalue weighted by atomic mass is 32.4. The summed E-state index contributed by atoms with van der Waals surface area (Å²) in [5, 5.41) is 6.08. The first-order valence-corrected chi connectivity index (χ1v) is 16.3. The minimum Gasteiger partial charge on any atom is -0.326 e. The molecule has 192 valence electrons. The number of hydrogen-bond donors (Lipinski definition) is 0. The lowest BCUT2D eigenvalue weighted by Gasteiger charge is -2.45. The molecular formula is C30H35N4OPS. The van der Waals surface area contributed by atoms with Crippen molar-refractivity contribution in [3.63, 3.8) is 0 Å². The van der Waals surface area contributed by atoms with Gasteiger partial charge in [0.15, 0.2) is 12.2 Å². The molecule has 3 aromatic rings. The number of fused-ring (bicyclic) bond motifs is 3. The number of rotatable bonds is 5. The molecule has 2 bridgehead atoms. The average molecular weight is 531 g/mol. The number of para-hydroxylation sites is 1. The molecule has 2 heterocycles. The van der Waals surface area contributed by atoms with E-state index in [0.29, 0.717) is 12.0 Å². The van der Waals surface area contributed by atoms with E-state index in [9.17, 15) is 0 Å². The molecule has 2 aromatic carbocycles. The van der Waals surface area contributed by atoms with Crippen LogP contribution in [0.3, 0.4) is 0 Å². The molecule has 4 aliphatic rings. The van der Waals surface area contributed by atoms with Crippen LogP contribution in [0.1, 0.15) is 64.1 Å². The van der Waals surface area contributed by atoms with Gasteiger partial charge in [-0.25, -0.2) is 9.67 Å². The maximum absolute atomic E-state index is 7.45. The van der Waals surface area contributed by atoms with E-state index in [-0.39, 0.29) is 16.9 Å². The molecule has 3 saturated carbocycles. The van der Waals surface area contributed by atoms with Crippen molar-refractivity contribution in [1.29, 1.82) is 0 Å². The first-order chi connectivity index (χ1) is 17.7. The number of aryl methyl sites for hydroxylation is 1. The van der Waals surface area contributed by atoms with Gasteiger partial charge in [0.2, 0.25) is 0 Å². The van der Waals surface area contributed by atoms with Gasteiger partial charge in [-0.05, 0) is 79.7 Å². The Morgan fingerprint density at radius 1 is 0.973 bits per heavy atom. The van der Waals surface area contributed by atoms with Crippen LogP contribution in [0, 0.1) is 23.7 Å². The first kappa shape index (κ1) is 23.8. The van der Waals surface area contributed by atoms with Crippen LogP contribution in [0.15, 0.2) is 65.7 Å². The number of amidine groups is 1. The van der Waals surface area contributed by atoms with E-state index < -0.39 is 6.42 Å². The van der Waals surface area contributed by atoms with Crippen molar-refractivity contribution >= 4 is 35.2 Å². The van der Waals surface area contributed by atoms with Crippen LogP contribution >= 0.6 is 6.42 Å². The lowest BCUT2D eigenvalue weighted by molar-refractivity contribution is 0.0352. The second-order valence-corrected chi connectivity index (χ2v) is 15.7. The Labute approximate surface area is 225 Å². The van der Waals surface area contributed by atoms with Gasteiger partial charge in [0, 0.05) is 11.6 Å². The van der Waals surface area contributed by atoms with E-state index in [1.54, 1.807) is 0 Å². The Kier molecular flexibility index (Phi) is 5.22. The van der Waals surface area contributed by atoms with E-state index in [0.717, 1.165) is 53.2 Å². The maximum Gasteiger partial charge on any atom is 0.193 e. The third kappa shape index (κ3) is 3.35. The zero-order chi connectivity index (χ0) is 25.6. The van der Waals surface area contributed by atoms with E-state index in [1.165, 1.54) is 12.8 Å². The van der Waals surface area contributed by atoms with Crippen molar-refractivity contribution in [3.8, 4) is 5.69 Å². The van der Waals surface area contributed by atoms with Crippen LogP contribution in [0.2, 0.25) is 0 Å². The summed E-state index contributed by atoms with van der Waals surface area (Å²) in [7, 11) is 0. The van der Waals surface area contributed by atoms with Gasteiger partial charge >= 0.3 is 0 Å². The second kappa shape index (κ2) is 8.11. The number of benzene rings is 2. The Morgan fingerprint density at radius 3 is 2.24 bits per heavy atom. The largest absolute Gasteiger partial charge is 0.326 e. The van der Waals surface area contributed by atoms with Gasteiger partial charge in [-0.1, -0.05) is 69.3 Å². The molecule has 1 aliphatic heterocycles. The molecule has 0 saturated heterocycles. The topological polar surface area (TPSA) is 42.6 Å². The van der Waals surface area contributed by atoms with Crippen LogP contribution in [0.25, 0.3) is 5.69 Å². The normalized spacial score (nSPS) is 31.9. The zero-order valence-corrected chi connectivity index (χ0v) is 23.8. The highest BCUT2D eigenvalue weighted by Gasteiger charge is 2.63. The van der Waals surface area contributed by atoms with E-state index in [1.807, 2.05) is 22.9 Å². The molecule has 1 aromatic heterocycles. The summed E-state index contributed by atoms with van der Waals surface area (Å²) in [5.41, 5.74) is 3.42. The lowest BCUT2D eigenvalue weighted by atomic mass is 9.70. The minimum atomic E-state index is -2.69. The van der Waals surface area contributed by atoms with Crippen molar-refractivity contribution in [2.75, 3.05) is 0 Å². The molecule has 7 heteroatoms. The monoisotopic (exact) mass is 530 g/mol. The number of hydrogen-bond acceptors (Lipinski definition) is 4. The van der Waals surface area contributed by atoms with Crippen LogP contribution in [-0.4, -0.2) is 32.4 Å². The SMILES string of the molecule is Cc1nn(-c2ccccc2)c2c1P(=S)(OC1CC3CCC1(C)C3(C)C)N(C1CC1)C(c1ccccc1)=N2. The lowest BCUT2D eigenvalue weighted by Crippen LogP contribution is -2.43. The molecule has 3 fully saturated rings. The van der Waals surface area contributed by atoms with Gasteiger partial charge in [-0.2, -0.15) is 5.10 Å². The molecule has 0 amide bonds. The standard InChI is InChI=1S/C30H35N4OPS/c1-20-26-28(33(32-20)23-13-9-6-10-14-23)31-27(21-11-7-5-8-12-21)34(24-15-16-24)36(26,37)35-25-19-22-17-18-30(25,4)29(22,2)3/h5-14,22,24-25H,15-19H2,1-4H3. The zero-order valence-electron chi connectivity index (χ0n) is 22.1. The van der Waals surface area contributed by atoms with Crippen LogP contribution < -0.4 is 5.30 Å². The van der Waals surface area contributed by atoms with Crippen molar-refractivity contribution in [1.82, 2.24) is 14.5 Å². The number of aliphatic imine (C=N–C) groups is 1. The van der Waals surface area contributed by atoms with Gasteiger partial charge < -0.3 is 9.19 Å². The Balaban J connectivity index is 1.44. The highest BCUT2D eigenvalue weighted by Crippen LogP contribution is 2.70. The predicted molar refractivity (Wildman–Crippen MR) is 154 cm³/mol. The van der Waals surface area contributed by atoms with E-state index >= 15 is 0 Å². The molecular weight excluding hydrogens is 495 g/mol. The number of aromatic nitrogens is 2. The Hall–Kier alpha value is -2.27. The molecule has 4 unspecified atom stereocenters. The summed E-state index contributed by atoms with van der Waals surface area (Å²) in [5.74, 6) is 2.48. The average Bonchev–Trinajstić information content (AvgIpc) is 3.59. The minimum absolute atomic E-state index is 0.129. The second-order valence-electron chi connectivity index (χ2n) is 12.1.